The van der Waals surface area contributed by atoms with Crippen molar-refractivity contribution in [3.05, 3.63) is 64.3 Å². The molecule has 1 aromatic carbocycles. The first-order valence-corrected chi connectivity index (χ1v) is 10.7. The molecule has 0 saturated carbocycles. The number of aliphatic hydroxyl groups excluding tert-OH is 1. The van der Waals surface area contributed by atoms with Gasteiger partial charge in [-0.15, -0.1) is 0 Å². The van der Waals surface area contributed by atoms with Gasteiger partial charge in [-0.25, -0.2) is 9.97 Å². The molecule has 9 nitrogen and oxygen atoms in total. The average molecular weight is 457 g/mol. The van der Waals surface area contributed by atoms with Gasteiger partial charge in [0.25, 0.3) is 5.91 Å². The molecule has 1 unspecified atom stereocenters. The lowest BCUT2D eigenvalue weighted by Crippen LogP contribution is -2.31. The molecular formula is C22H25ClN6O3. The van der Waals surface area contributed by atoms with E-state index in [1.807, 2.05) is 26.0 Å². The molecule has 0 radical (unpaired) electrons. The second-order valence-corrected chi connectivity index (χ2v) is 8.20. The molecule has 2 atom stereocenters. The molecule has 3 N–H and O–H groups in total. The minimum atomic E-state index is -0.601. The fourth-order valence-corrected chi connectivity index (χ4v) is 3.63. The van der Waals surface area contributed by atoms with Crippen LogP contribution in [0.15, 0.2) is 36.9 Å². The van der Waals surface area contributed by atoms with E-state index in [0.717, 1.165) is 24.2 Å². The Kier molecular flexibility index (Phi) is 6.69. The number of nitrogens with zero attached hydrogens (tertiary/aromatic N) is 4. The molecular weight excluding hydrogens is 432 g/mol. The van der Waals surface area contributed by atoms with Crippen molar-refractivity contribution in [3.8, 4) is 5.82 Å². The zero-order valence-electron chi connectivity index (χ0n) is 17.9. The van der Waals surface area contributed by atoms with E-state index < -0.39 is 11.9 Å². The molecule has 3 aromatic rings. The predicted molar refractivity (Wildman–Crippen MR) is 120 cm³/mol. The molecule has 0 bridgehead atoms. The SMILES string of the molecule is Cc1ccc([C@@H](CO)NC(=O)c2cn(-c3nc(NC4CCOC4)ncc3C)cn2)cc1Cl. The maximum absolute atomic E-state index is 12.8. The van der Waals surface area contributed by atoms with Crippen LogP contribution in [0.5, 0.6) is 0 Å². The summed E-state index contributed by atoms with van der Waals surface area (Å²) in [5.41, 5.74) is 2.68. The van der Waals surface area contributed by atoms with Crippen LogP contribution in [0.2, 0.25) is 5.02 Å². The first-order valence-electron chi connectivity index (χ1n) is 10.3. The standard InChI is InChI=1S/C22H25ClN6O3/c1-13-3-4-15(7-17(13)23)19(10-30)27-21(31)18-9-29(12-25-18)20-14(2)8-24-22(28-20)26-16-5-6-32-11-16/h3-4,7-9,12,16,19,30H,5-6,10-11H2,1-2H3,(H,27,31)(H,24,26,28)/t16?,19-/m1/s1. The molecule has 1 aliphatic heterocycles. The monoisotopic (exact) mass is 456 g/mol. The van der Waals surface area contributed by atoms with E-state index in [4.69, 9.17) is 16.3 Å². The van der Waals surface area contributed by atoms with Gasteiger partial charge in [-0.05, 0) is 37.5 Å². The van der Waals surface area contributed by atoms with E-state index in [1.54, 1.807) is 23.0 Å². The Labute approximate surface area is 190 Å². The van der Waals surface area contributed by atoms with Crippen LogP contribution in [0.3, 0.4) is 0 Å². The Morgan fingerprint density at radius 3 is 2.91 bits per heavy atom. The molecule has 168 valence electrons. The van der Waals surface area contributed by atoms with Crippen molar-refractivity contribution in [1.82, 2.24) is 24.8 Å². The van der Waals surface area contributed by atoms with Gasteiger partial charge in [0.15, 0.2) is 0 Å². The Hall–Kier alpha value is -3.01. The van der Waals surface area contributed by atoms with Crippen molar-refractivity contribution in [2.45, 2.75) is 32.4 Å². The third kappa shape index (κ3) is 4.90. The van der Waals surface area contributed by atoms with Gasteiger partial charge in [0.1, 0.15) is 17.8 Å². The van der Waals surface area contributed by atoms with E-state index >= 15 is 0 Å². The number of rotatable bonds is 7. The van der Waals surface area contributed by atoms with Gasteiger partial charge in [-0.1, -0.05) is 23.7 Å². The highest BCUT2D eigenvalue weighted by Gasteiger charge is 2.20. The Bertz CT molecular complexity index is 1110. The van der Waals surface area contributed by atoms with Crippen molar-refractivity contribution >= 4 is 23.5 Å². The van der Waals surface area contributed by atoms with Gasteiger partial charge >= 0.3 is 0 Å². The minimum absolute atomic E-state index is 0.181. The topological polar surface area (TPSA) is 114 Å². The molecule has 32 heavy (non-hydrogen) atoms. The smallest absolute Gasteiger partial charge is 0.272 e. The van der Waals surface area contributed by atoms with Crippen molar-refractivity contribution in [3.63, 3.8) is 0 Å². The van der Waals surface area contributed by atoms with Gasteiger partial charge < -0.3 is 20.5 Å². The number of aromatic nitrogens is 4. The Morgan fingerprint density at radius 1 is 1.34 bits per heavy atom. The maximum Gasteiger partial charge on any atom is 0.272 e. The van der Waals surface area contributed by atoms with Crippen LogP contribution in [-0.2, 0) is 4.74 Å². The number of benzene rings is 1. The Morgan fingerprint density at radius 2 is 2.19 bits per heavy atom. The number of aryl methyl sites for hydroxylation is 2. The van der Waals surface area contributed by atoms with Gasteiger partial charge in [-0.2, -0.15) is 4.98 Å². The number of imidazole rings is 1. The molecule has 1 aliphatic rings. The molecule has 3 heterocycles. The first-order chi connectivity index (χ1) is 15.4. The molecule has 1 saturated heterocycles. The van der Waals surface area contributed by atoms with Crippen LogP contribution < -0.4 is 10.6 Å². The summed E-state index contributed by atoms with van der Waals surface area (Å²) in [6, 6.07) is 5.00. The maximum atomic E-state index is 12.8. The van der Waals surface area contributed by atoms with Crippen molar-refractivity contribution < 1.29 is 14.6 Å². The number of amides is 1. The van der Waals surface area contributed by atoms with Crippen LogP contribution >= 0.6 is 11.6 Å². The van der Waals surface area contributed by atoms with E-state index in [9.17, 15) is 9.90 Å². The average Bonchev–Trinajstić information content (AvgIpc) is 3.47. The predicted octanol–water partition coefficient (Wildman–Crippen LogP) is 2.60. The lowest BCUT2D eigenvalue weighted by molar-refractivity contribution is 0.0911. The second kappa shape index (κ2) is 9.64. The molecule has 0 aliphatic carbocycles. The number of aliphatic hydroxyl groups is 1. The summed E-state index contributed by atoms with van der Waals surface area (Å²) in [6.45, 7) is 4.86. The molecule has 10 heteroatoms. The number of ether oxygens (including phenoxy) is 1. The van der Waals surface area contributed by atoms with E-state index in [0.29, 0.717) is 29.0 Å². The van der Waals surface area contributed by atoms with E-state index in [2.05, 4.69) is 25.6 Å². The molecule has 2 aromatic heterocycles. The normalized spacial score (nSPS) is 16.7. The fourth-order valence-electron chi connectivity index (χ4n) is 3.44. The molecule has 1 amide bonds. The van der Waals surface area contributed by atoms with Gasteiger partial charge in [0.2, 0.25) is 5.95 Å². The van der Waals surface area contributed by atoms with Crippen molar-refractivity contribution in [2.24, 2.45) is 0 Å². The number of anilines is 1. The summed E-state index contributed by atoms with van der Waals surface area (Å²) >= 11 is 6.19. The zero-order valence-corrected chi connectivity index (χ0v) is 18.6. The van der Waals surface area contributed by atoms with Crippen LogP contribution in [0.1, 0.15) is 39.6 Å². The number of nitrogens with one attached hydrogen (secondary N) is 2. The number of carbonyl (C=O) groups is 1. The summed E-state index contributed by atoms with van der Waals surface area (Å²) in [5.74, 6) is 0.710. The summed E-state index contributed by atoms with van der Waals surface area (Å²) in [4.78, 5) is 25.9. The van der Waals surface area contributed by atoms with E-state index in [-0.39, 0.29) is 18.3 Å². The van der Waals surface area contributed by atoms with Crippen LogP contribution in [0.4, 0.5) is 5.95 Å². The third-order valence-corrected chi connectivity index (χ3v) is 5.76. The van der Waals surface area contributed by atoms with Crippen LogP contribution in [0, 0.1) is 13.8 Å². The lowest BCUT2D eigenvalue weighted by Gasteiger charge is -2.17. The molecule has 1 fully saturated rings. The fraction of sp³-hybridized carbons (Fsp3) is 0.364. The summed E-state index contributed by atoms with van der Waals surface area (Å²) in [6.07, 6.45) is 5.76. The highest BCUT2D eigenvalue weighted by atomic mass is 35.5. The van der Waals surface area contributed by atoms with Gasteiger partial charge in [-0.3, -0.25) is 9.36 Å². The third-order valence-electron chi connectivity index (χ3n) is 5.35. The number of hydrogen-bond acceptors (Lipinski definition) is 7. The number of hydrogen-bond donors (Lipinski definition) is 3. The zero-order chi connectivity index (χ0) is 22.7. The first kappa shape index (κ1) is 22.2. The lowest BCUT2D eigenvalue weighted by atomic mass is 10.1. The van der Waals surface area contributed by atoms with Crippen LogP contribution in [-0.4, -0.2) is 56.4 Å². The van der Waals surface area contributed by atoms with Crippen LogP contribution in [0.25, 0.3) is 5.82 Å². The minimum Gasteiger partial charge on any atom is -0.394 e. The summed E-state index contributed by atoms with van der Waals surface area (Å²) in [7, 11) is 0. The highest BCUT2D eigenvalue weighted by molar-refractivity contribution is 6.31. The molecule has 4 rings (SSSR count). The largest absolute Gasteiger partial charge is 0.394 e. The summed E-state index contributed by atoms with van der Waals surface area (Å²) in [5, 5.41) is 16.4. The summed E-state index contributed by atoms with van der Waals surface area (Å²) < 4.78 is 7.06. The highest BCUT2D eigenvalue weighted by Crippen LogP contribution is 2.22. The van der Waals surface area contributed by atoms with Crippen molar-refractivity contribution in [2.75, 3.05) is 25.1 Å². The molecule has 0 spiro atoms. The van der Waals surface area contributed by atoms with Gasteiger partial charge in [0.05, 0.1) is 25.3 Å². The quantitative estimate of drug-likeness (QED) is 0.500. The Balaban J connectivity index is 1.50. The van der Waals surface area contributed by atoms with Gasteiger partial charge in [0, 0.05) is 29.6 Å². The number of carbonyl (C=O) groups excluding carboxylic acids is 1. The van der Waals surface area contributed by atoms with Crippen molar-refractivity contribution in [1.29, 1.82) is 0 Å². The van der Waals surface area contributed by atoms with E-state index in [1.165, 1.54) is 6.33 Å². The number of halogens is 1. The second-order valence-electron chi connectivity index (χ2n) is 7.79.